The fourth-order valence-corrected chi connectivity index (χ4v) is 3.07. The van der Waals surface area contributed by atoms with Gasteiger partial charge in [0.1, 0.15) is 5.75 Å². The molecule has 0 saturated heterocycles. The summed E-state index contributed by atoms with van der Waals surface area (Å²) in [5.41, 5.74) is 1.73. The lowest BCUT2D eigenvalue weighted by Crippen LogP contribution is -2.05. The Bertz CT molecular complexity index is 988. The minimum atomic E-state index is -0.143. The Morgan fingerprint density at radius 3 is 2.62 bits per heavy atom. The molecule has 0 aliphatic heterocycles. The van der Waals surface area contributed by atoms with Gasteiger partial charge >= 0.3 is 5.97 Å². The second-order valence-corrected chi connectivity index (χ2v) is 6.88. The first kappa shape index (κ1) is 20.6. The molecule has 0 atom stereocenters. The van der Waals surface area contributed by atoms with Crippen LogP contribution in [0.15, 0.2) is 42.5 Å². The van der Waals surface area contributed by atoms with Crippen LogP contribution in [-0.2, 0) is 9.53 Å². The van der Waals surface area contributed by atoms with E-state index in [1.165, 1.54) is 0 Å². The number of esters is 1. The smallest absolute Gasteiger partial charge is 0.305 e. The van der Waals surface area contributed by atoms with E-state index in [2.05, 4.69) is 9.97 Å². The monoisotopic (exact) mass is 394 g/mol. The molecular formula is C23H26N2O4. The van der Waals surface area contributed by atoms with Crippen molar-refractivity contribution in [3.63, 3.8) is 0 Å². The van der Waals surface area contributed by atoms with Crippen LogP contribution in [0.25, 0.3) is 22.2 Å². The van der Waals surface area contributed by atoms with Gasteiger partial charge in [-0.15, -0.1) is 0 Å². The van der Waals surface area contributed by atoms with Gasteiger partial charge in [-0.1, -0.05) is 18.2 Å². The molecule has 1 heterocycles. The summed E-state index contributed by atoms with van der Waals surface area (Å²) in [4.78, 5) is 20.4. The fourth-order valence-electron chi connectivity index (χ4n) is 3.07. The number of nitrogens with zero attached hydrogens (tertiary/aromatic N) is 2. The zero-order chi connectivity index (χ0) is 20.6. The molecule has 3 aromatic rings. The molecule has 3 rings (SSSR count). The zero-order valence-electron chi connectivity index (χ0n) is 16.9. The van der Waals surface area contributed by atoms with Crippen LogP contribution in [0.2, 0.25) is 0 Å². The van der Waals surface area contributed by atoms with Gasteiger partial charge in [-0.25, -0.2) is 4.98 Å². The average molecular weight is 394 g/mol. The third-order valence-electron chi connectivity index (χ3n) is 4.49. The van der Waals surface area contributed by atoms with Crippen LogP contribution in [0.3, 0.4) is 0 Å². The van der Waals surface area contributed by atoms with Gasteiger partial charge in [-0.2, -0.15) is 4.98 Å². The molecule has 6 nitrogen and oxygen atoms in total. The maximum Gasteiger partial charge on any atom is 0.305 e. The number of hydrogen-bond acceptors (Lipinski definition) is 6. The molecule has 29 heavy (non-hydrogen) atoms. The Morgan fingerprint density at radius 2 is 1.79 bits per heavy atom. The van der Waals surface area contributed by atoms with Gasteiger partial charge in [0.15, 0.2) is 5.82 Å². The molecule has 0 amide bonds. The van der Waals surface area contributed by atoms with Gasteiger partial charge in [-0.05, 0) is 62.1 Å². The number of unbranched alkanes of at least 4 members (excludes halogenated alkanes) is 2. The molecule has 1 aromatic heterocycles. The molecule has 0 bridgehead atoms. The zero-order valence-corrected chi connectivity index (χ0v) is 16.9. The number of fused-ring (bicyclic) bond motifs is 1. The third-order valence-corrected chi connectivity index (χ3v) is 4.49. The number of hydrogen-bond donors (Lipinski definition) is 1. The summed E-state index contributed by atoms with van der Waals surface area (Å²) in [5.74, 6) is 1.26. The average Bonchev–Trinajstić information content (AvgIpc) is 2.70. The molecule has 1 N–H and O–H groups in total. The summed E-state index contributed by atoms with van der Waals surface area (Å²) in [6.45, 7) is 4.69. The molecule has 2 aromatic carbocycles. The Kier molecular flexibility index (Phi) is 7.00. The van der Waals surface area contributed by atoms with E-state index in [1.807, 2.05) is 44.2 Å². The van der Waals surface area contributed by atoms with Crippen LogP contribution in [0.1, 0.15) is 38.3 Å². The first-order chi connectivity index (χ1) is 14.0. The Labute approximate surface area is 170 Å². The van der Waals surface area contributed by atoms with Gasteiger partial charge in [0.2, 0.25) is 5.88 Å². The number of aromatic hydroxyl groups is 1. The molecular weight excluding hydrogens is 368 g/mol. The fraction of sp³-hybridized carbons (Fsp3) is 0.348. The highest BCUT2D eigenvalue weighted by Gasteiger charge is 2.08. The quantitative estimate of drug-likeness (QED) is 0.414. The number of ether oxygens (including phenoxy) is 2. The van der Waals surface area contributed by atoms with Crippen molar-refractivity contribution in [2.45, 2.75) is 39.5 Å². The lowest BCUT2D eigenvalue weighted by molar-refractivity contribution is -0.143. The van der Waals surface area contributed by atoms with E-state index in [4.69, 9.17) is 9.47 Å². The SMILES string of the molecule is CCOC(=O)CCCCCOc1cc(C)nc(-c2ccc3cc(O)ccc3c2)n1. The number of rotatable bonds is 9. The maximum atomic E-state index is 11.3. The van der Waals surface area contributed by atoms with Gasteiger partial charge in [0.25, 0.3) is 0 Å². The van der Waals surface area contributed by atoms with E-state index < -0.39 is 0 Å². The van der Waals surface area contributed by atoms with Crippen molar-refractivity contribution in [1.29, 1.82) is 0 Å². The van der Waals surface area contributed by atoms with Gasteiger partial charge in [0, 0.05) is 23.7 Å². The second-order valence-electron chi connectivity index (χ2n) is 6.88. The number of phenolic OH excluding ortho intramolecular Hbond substituents is 1. The topological polar surface area (TPSA) is 81.5 Å². The van der Waals surface area contributed by atoms with E-state index in [0.717, 1.165) is 41.3 Å². The highest BCUT2D eigenvalue weighted by Crippen LogP contribution is 2.26. The van der Waals surface area contributed by atoms with Crippen molar-refractivity contribution >= 4 is 16.7 Å². The number of carbonyl (C=O) groups is 1. The van der Waals surface area contributed by atoms with E-state index >= 15 is 0 Å². The molecule has 0 saturated carbocycles. The number of aromatic nitrogens is 2. The summed E-state index contributed by atoms with van der Waals surface area (Å²) in [5, 5.41) is 11.6. The highest BCUT2D eigenvalue weighted by molar-refractivity contribution is 5.87. The van der Waals surface area contributed by atoms with Crippen LogP contribution < -0.4 is 4.74 Å². The maximum absolute atomic E-state index is 11.3. The van der Waals surface area contributed by atoms with E-state index in [-0.39, 0.29) is 11.7 Å². The summed E-state index contributed by atoms with van der Waals surface area (Å²) >= 11 is 0. The number of phenols is 1. The summed E-state index contributed by atoms with van der Waals surface area (Å²) < 4.78 is 10.7. The predicted molar refractivity (Wildman–Crippen MR) is 112 cm³/mol. The van der Waals surface area contributed by atoms with Crippen molar-refractivity contribution in [3.8, 4) is 23.0 Å². The first-order valence-electron chi connectivity index (χ1n) is 9.92. The molecule has 152 valence electrons. The molecule has 0 aliphatic rings. The highest BCUT2D eigenvalue weighted by atomic mass is 16.5. The molecule has 6 heteroatoms. The lowest BCUT2D eigenvalue weighted by atomic mass is 10.1. The lowest BCUT2D eigenvalue weighted by Gasteiger charge is -2.09. The third kappa shape index (κ3) is 5.91. The second kappa shape index (κ2) is 9.87. The Balaban J connectivity index is 1.60. The van der Waals surface area contributed by atoms with Crippen LogP contribution in [0.4, 0.5) is 0 Å². The van der Waals surface area contributed by atoms with Crippen LogP contribution in [-0.4, -0.2) is 34.3 Å². The standard InChI is InChI=1S/C23H26N2O4/c1-3-28-22(27)7-5-4-6-12-29-21-13-16(2)24-23(25-21)19-9-8-18-15-20(26)11-10-17(18)14-19/h8-11,13-15,26H,3-7,12H2,1-2H3. The molecule has 0 fully saturated rings. The Hall–Kier alpha value is -3.15. The van der Waals surface area contributed by atoms with Gasteiger partial charge in [-0.3, -0.25) is 4.79 Å². The number of aryl methyl sites for hydroxylation is 1. The van der Waals surface area contributed by atoms with E-state index in [9.17, 15) is 9.90 Å². The first-order valence-corrected chi connectivity index (χ1v) is 9.92. The van der Waals surface area contributed by atoms with Crippen molar-refractivity contribution in [3.05, 3.63) is 48.2 Å². The summed E-state index contributed by atoms with van der Waals surface area (Å²) in [6, 6.07) is 13.0. The minimum Gasteiger partial charge on any atom is -0.508 e. The summed E-state index contributed by atoms with van der Waals surface area (Å²) in [6.07, 6.45) is 2.98. The number of carbonyl (C=O) groups excluding carboxylic acids is 1. The number of benzene rings is 2. The van der Waals surface area contributed by atoms with Gasteiger partial charge < -0.3 is 14.6 Å². The van der Waals surface area contributed by atoms with E-state index in [0.29, 0.717) is 31.3 Å². The molecule has 0 unspecified atom stereocenters. The minimum absolute atomic E-state index is 0.143. The van der Waals surface area contributed by atoms with Crippen molar-refractivity contribution < 1.29 is 19.4 Å². The van der Waals surface area contributed by atoms with Crippen LogP contribution in [0.5, 0.6) is 11.6 Å². The predicted octanol–water partition coefficient (Wildman–Crippen LogP) is 4.81. The molecule has 0 radical (unpaired) electrons. The Morgan fingerprint density at radius 1 is 1.00 bits per heavy atom. The van der Waals surface area contributed by atoms with Crippen molar-refractivity contribution in [2.24, 2.45) is 0 Å². The van der Waals surface area contributed by atoms with Crippen molar-refractivity contribution in [2.75, 3.05) is 13.2 Å². The summed E-state index contributed by atoms with van der Waals surface area (Å²) in [7, 11) is 0. The largest absolute Gasteiger partial charge is 0.508 e. The molecule has 0 spiro atoms. The van der Waals surface area contributed by atoms with Gasteiger partial charge in [0.05, 0.1) is 13.2 Å². The van der Waals surface area contributed by atoms with Crippen LogP contribution in [0, 0.1) is 6.92 Å². The van der Waals surface area contributed by atoms with Crippen molar-refractivity contribution in [1.82, 2.24) is 9.97 Å². The van der Waals surface area contributed by atoms with Crippen LogP contribution >= 0.6 is 0 Å². The molecule has 0 aliphatic carbocycles. The van der Waals surface area contributed by atoms with E-state index in [1.54, 1.807) is 12.1 Å². The normalized spacial score (nSPS) is 10.8.